The van der Waals surface area contributed by atoms with Crippen LogP contribution in [-0.4, -0.2) is 41.3 Å². The van der Waals surface area contributed by atoms with Crippen LogP contribution in [0.25, 0.3) is 28.2 Å². The van der Waals surface area contributed by atoms with Crippen LogP contribution in [0.15, 0.2) is 58.1 Å². The summed E-state index contributed by atoms with van der Waals surface area (Å²) in [4.78, 5) is 21.8. The van der Waals surface area contributed by atoms with Gasteiger partial charge >= 0.3 is 0 Å². The van der Waals surface area contributed by atoms with Crippen LogP contribution in [0, 0.1) is 13.8 Å². The van der Waals surface area contributed by atoms with E-state index in [9.17, 15) is 4.79 Å². The number of fused-ring (bicyclic) bond motifs is 1. The molecule has 0 atom stereocenters. The lowest BCUT2D eigenvalue weighted by Crippen LogP contribution is -2.21. The van der Waals surface area contributed by atoms with Crippen LogP contribution in [0.4, 0.5) is 0 Å². The molecule has 0 aliphatic carbocycles. The molecular formula is C23H21N7O3. The monoisotopic (exact) mass is 443 g/mol. The van der Waals surface area contributed by atoms with Gasteiger partial charge in [-0.3, -0.25) is 9.36 Å². The van der Waals surface area contributed by atoms with Crippen molar-refractivity contribution in [2.75, 3.05) is 6.61 Å². The van der Waals surface area contributed by atoms with E-state index in [2.05, 4.69) is 25.4 Å². The van der Waals surface area contributed by atoms with Crippen LogP contribution in [0.3, 0.4) is 0 Å². The van der Waals surface area contributed by atoms with E-state index in [1.165, 1.54) is 21.1 Å². The quantitative estimate of drug-likeness (QED) is 0.393. The number of hydrogen-bond acceptors (Lipinski definition) is 8. The van der Waals surface area contributed by atoms with Gasteiger partial charge in [-0.15, -0.1) is 5.10 Å². The van der Waals surface area contributed by atoms with Crippen LogP contribution in [0.1, 0.15) is 23.9 Å². The summed E-state index contributed by atoms with van der Waals surface area (Å²) in [6.07, 6.45) is 1.43. The molecule has 3 heterocycles. The van der Waals surface area contributed by atoms with E-state index in [1.807, 2.05) is 63.2 Å². The molecule has 2 aromatic carbocycles. The Morgan fingerprint density at radius 3 is 2.64 bits per heavy atom. The highest BCUT2D eigenvalue weighted by Crippen LogP contribution is 2.20. The summed E-state index contributed by atoms with van der Waals surface area (Å²) in [6.45, 7) is 6.66. The van der Waals surface area contributed by atoms with E-state index in [1.54, 1.807) is 0 Å². The summed E-state index contributed by atoms with van der Waals surface area (Å²) >= 11 is 0. The van der Waals surface area contributed by atoms with Crippen molar-refractivity contribution in [3.63, 3.8) is 0 Å². The Morgan fingerprint density at radius 2 is 1.88 bits per heavy atom. The summed E-state index contributed by atoms with van der Waals surface area (Å²) in [5.41, 5.74) is 4.07. The predicted molar refractivity (Wildman–Crippen MR) is 120 cm³/mol. The Labute approximate surface area is 188 Å². The molecule has 5 rings (SSSR count). The van der Waals surface area contributed by atoms with Crippen molar-refractivity contribution in [3.8, 4) is 22.8 Å². The minimum atomic E-state index is -0.344. The summed E-state index contributed by atoms with van der Waals surface area (Å²) in [7, 11) is 0. The van der Waals surface area contributed by atoms with Gasteiger partial charge < -0.3 is 9.26 Å². The maximum absolute atomic E-state index is 13.0. The van der Waals surface area contributed by atoms with E-state index in [0.29, 0.717) is 24.0 Å². The average Bonchev–Trinajstić information content (AvgIpc) is 3.46. The first-order valence-electron chi connectivity index (χ1n) is 10.5. The predicted octanol–water partition coefficient (Wildman–Crippen LogP) is 3.09. The van der Waals surface area contributed by atoms with Crippen molar-refractivity contribution in [3.05, 3.63) is 76.2 Å². The largest absolute Gasteiger partial charge is 0.494 e. The topological polar surface area (TPSA) is 114 Å². The highest BCUT2D eigenvalue weighted by molar-refractivity contribution is 5.70. The minimum absolute atomic E-state index is 0.0789. The van der Waals surface area contributed by atoms with Crippen molar-refractivity contribution in [1.29, 1.82) is 0 Å². The first-order valence-corrected chi connectivity index (χ1v) is 10.5. The molecule has 0 bridgehead atoms. The number of rotatable bonds is 6. The van der Waals surface area contributed by atoms with Gasteiger partial charge in [-0.2, -0.15) is 9.67 Å². The standard InChI is InChI=1S/C23H21N7O3/c1-4-32-18-9-7-17(8-10-18)30-22-20(26-28-30)23(31)29(13-24-22)12-19-25-21(27-33-19)16-6-5-14(2)15(3)11-16/h5-11,13H,4,12H2,1-3H3. The van der Waals surface area contributed by atoms with Crippen molar-refractivity contribution in [1.82, 2.24) is 34.7 Å². The van der Waals surface area contributed by atoms with Crippen LogP contribution in [-0.2, 0) is 6.54 Å². The highest BCUT2D eigenvalue weighted by atomic mass is 16.5. The molecule has 33 heavy (non-hydrogen) atoms. The molecule has 0 radical (unpaired) electrons. The molecule has 5 aromatic rings. The molecule has 0 saturated carbocycles. The zero-order valence-corrected chi connectivity index (χ0v) is 18.4. The normalized spacial score (nSPS) is 11.2. The van der Waals surface area contributed by atoms with Gasteiger partial charge in [-0.05, 0) is 62.2 Å². The number of ether oxygens (including phenoxy) is 1. The SMILES string of the molecule is CCOc1ccc(-n2nnc3c(=O)n(Cc4nc(-c5ccc(C)c(C)c5)no4)cnc32)cc1. The zero-order chi connectivity index (χ0) is 22.9. The number of aromatic nitrogens is 7. The third kappa shape index (κ3) is 3.86. The van der Waals surface area contributed by atoms with Crippen LogP contribution < -0.4 is 10.3 Å². The second kappa shape index (κ2) is 8.30. The Morgan fingerprint density at radius 1 is 1.06 bits per heavy atom. The number of nitrogens with zero attached hydrogens (tertiary/aromatic N) is 7. The molecule has 0 saturated heterocycles. The third-order valence-electron chi connectivity index (χ3n) is 5.36. The van der Waals surface area contributed by atoms with Gasteiger partial charge in [-0.1, -0.05) is 22.5 Å². The number of aryl methyl sites for hydroxylation is 2. The summed E-state index contributed by atoms with van der Waals surface area (Å²) in [5.74, 6) is 1.52. The maximum Gasteiger partial charge on any atom is 0.284 e. The lowest BCUT2D eigenvalue weighted by Gasteiger charge is -2.05. The van der Waals surface area contributed by atoms with Crippen molar-refractivity contribution >= 4 is 11.2 Å². The molecule has 3 aromatic heterocycles. The van der Waals surface area contributed by atoms with Gasteiger partial charge in [0.25, 0.3) is 5.56 Å². The zero-order valence-electron chi connectivity index (χ0n) is 18.4. The van der Waals surface area contributed by atoms with Gasteiger partial charge in [-0.25, -0.2) is 4.98 Å². The Balaban J connectivity index is 1.42. The maximum atomic E-state index is 13.0. The summed E-state index contributed by atoms with van der Waals surface area (Å²) < 4.78 is 13.7. The molecular weight excluding hydrogens is 422 g/mol. The second-order valence-corrected chi connectivity index (χ2v) is 7.59. The molecule has 0 N–H and O–H groups in total. The Bertz CT molecular complexity index is 1500. The molecule has 10 heteroatoms. The molecule has 0 aliphatic rings. The lowest BCUT2D eigenvalue weighted by molar-refractivity contribution is 0.340. The van der Waals surface area contributed by atoms with Crippen molar-refractivity contribution in [2.45, 2.75) is 27.3 Å². The molecule has 10 nitrogen and oxygen atoms in total. The van der Waals surface area contributed by atoms with E-state index in [4.69, 9.17) is 9.26 Å². The third-order valence-corrected chi connectivity index (χ3v) is 5.36. The molecule has 0 amide bonds. The van der Waals surface area contributed by atoms with Crippen LogP contribution in [0.5, 0.6) is 5.75 Å². The number of benzene rings is 2. The second-order valence-electron chi connectivity index (χ2n) is 7.59. The van der Waals surface area contributed by atoms with E-state index >= 15 is 0 Å². The summed E-state index contributed by atoms with van der Waals surface area (Å²) in [6, 6.07) is 13.3. The minimum Gasteiger partial charge on any atom is -0.494 e. The Kier molecular flexibility index (Phi) is 5.17. The highest BCUT2D eigenvalue weighted by Gasteiger charge is 2.16. The number of hydrogen-bond donors (Lipinski definition) is 0. The van der Waals surface area contributed by atoms with Gasteiger partial charge in [0.15, 0.2) is 11.2 Å². The molecule has 0 aliphatic heterocycles. The van der Waals surface area contributed by atoms with Crippen molar-refractivity contribution in [2.24, 2.45) is 0 Å². The summed E-state index contributed by atoms with van der Waals surface area (Å²) in [5, 5.41) is 12.2. The molecule has 166 valence electrons. The van der Waals surface area contributed by atoms with Crippen LogP contribution in [0.2, 0.25) is 0 Å². The molecule has 0 spiro atoms. The van der Waals surface area contributed by atoms with E-state index in [0.717, 1.165) is 22.6 Å². The van der Waals surface area contributed by atoms with E-state index in [-0.39, 0.29) is 17.6 Å². The van der Waals surface area contributed by atoms with Gasteiger partial charge in [0.2, 0.25) is 11.7 Å². The fraction of sp³-hybridized carbons (Fsp3) is 0.217. The Hall–Kier alpha value is -4.34. The first-order chi connectivity index (χ1) is 16.0. The van der Waals surface area contributed by atoms with Crippen molar-refractivity contribution < 1.29 is 9.26 Å². The van der Waals surface area contributed by atoms with Gasteiger partial charge in [0, 0.05) is 5.56 Å². The van der Waals surface area contributed by atoms with Crippen LogP contribution >= 0.6 is 0 Å². The molecule has 0 unspecified atom stereocenters. The molecule has 0 fully saturated rings. The van der Waals surface area contributed by atoms with E-state index < -0.39 is 0 Å². The fourth-order valence-electron chi connectivity index (χ4n) is 3.44. The first kappa shape index (κ1) is 20.6. The van der Waals surface area contributed by atoms with Gasteiger partial charge in [0.05, 0.1) is 12.3 Å². The average molecular weight is 443 g/mol. The smallest absolute Gasteiger partial charge is 0.284 e. The lowest BCUT2D eigenvalue weighted by atomic mass is 10.1. The van der Waals surface area contributed by atoms with Gasteiger partial charge in [0.1, 0.15) is 18.6 Å². The fourth-order valence-corrected chi connectivity index (χ4v) is 3.44.